The lowest BCUT2D eigenvalue weighted by atomic mass is 9.94. The van der Waals surface area contributed by atoms with E-state index in [0.29, 0.717) is 10.6 Å². The molecule has 0 unspecified atom stereocenters. The Morgan fingerprint density at radius 1 is 1.43 bits per heavy atom. The number of hydrogen-bond donors (Lipinski definition) is 2. The van der Waals surface area contributed by atoms with Crippen molar-refractivity contribution < 1.29 is 24.4 Å². The lowest BCUT2D eigenvalue weighted by Gasteiger charge is -2.19. The summed E-state index contributed by atoms with van der Waals surface area (Å²) < 4.78 is 5.07. The van der Waals surface area contributed by atoms with E-state index in [9.17, 15) is 19.7 Å². The summed E-state index contributed by atoms with van der Waals surface area (Å²) in [7, 11) is 1.38. The molecule has 0 radical (unpaired) electrons. The van der Waals surface area contributed by atoms with Gasteiger partial charge in [0.1, 0.15) is 11.3 Å². The van der Waals surface area contributed by atoms with E-state index >= 15 is 0 Å². The maximum atomic E-state index is 12.2. The number of hydrogen-bond acceptors (Lipinski definition) is 6. The number of carbonyl (C=O) groups excluding carboxylic acids is 1. The Hall–Kier alpha value is -2.29. The zero-order chi connectivity index (χ0) is 17.8. The highest BCUT2D eigenvalue weighted by atomic mass is 32.2. The fraction of sp³-hybridized carbons (Fsp3) is 0.429. The van der Waals surface area contributed by atoms with Gasteiger partial charge in [0.05, 0.1) is 28.4 Å². The van der Waals surface area contributed by atoms with Crippen molar-refractivity contribution in [1.82, 2.24) is 5.32 Å². The van der Waals surface area contributed by atoms with Gasteiger partial charge in [-0.25, -0.2) is 0 Å². The topological polar surface area (TPSA) is 119 Å². The number of nitrogens with zero attached hydrogens (tertiary/aromatic N) is 1. The summed E-state index contributed by atoms with van der Waals surface area (Å²) in [6, 6.07) is 2.55. The largest absolute Gasteiger partial charge is 0.495 e. The summed E-state index contributed by atoms with van der Waals surface area (Å²) in [6.07, 6.45) is 1.75. The predicted octanol–water partition coefficient (Wildman–Crippen LogP) is 2.17. The molecule has 0 aliphatic carbocycles. The van der Waals surface area contributed by atoms with Crippen molar-refractivity contribution in [2.75, 3.05) is 19.9 Å². The van der Waals surface area contributed by atoms with E-state index in [1.165, 1.54) is 44.9 Å². The lowest BCUT2D eigenvalue weighted by Crippen LogP contribution is -2.39. The molecule has 1 amide bonds. The van der Waals surface area contributed by atoms with Crippen LogP contribution in [0.5, 0.6) is 5.75 Å². The minimum absolute atomic E-state index is 0.138. The molecule has 1 aromatic carbocycles. The molecule has 2 N–H and O–H groups in total. The molecule has 0 aromatic heterocycles. The average Bonchev–Trinajstić information content (AvgIpc) is 2.50. The Labute approximate surface area is 137 Å². The van der Waals surface area contributed by atoms with E-state index < -0.39 is 27.9 Å². The van der Waals surface area contributed by atoms with Gasteiger partial charge in [-0.1, -0.05) is 0 Å². The van der Waals surface area contributed by atoms with Crippen LogP contribution in [0, 0.1) is 15.5 Å². The molecule has 0 heterocycles. The van der Waals surface area contributed by atoms with Crippen molar-refractivity contribution in [1.29, 1.82) is 0 Å². The summed E-state index contributed by atoms with van der Waals surface area (Å²) in [6.45, 7) is 2.75. The molecule has 0 bridgehead atoms. The first-order valence-corrected chi connectivity index (χ1v) is 7.78. The van der Waals surface area contributed by atoms with Gasteiger partial charge in [-0.15, -0.1) is 11.8 Å². The van der Waals surface area contributed by atoms with Gasteiger partial charge in [0.15, 0.2) is 0 Å². The minimum atomic E-state index is -1.18. The number of thioether (sulfide) groups is 1. The number of carboxylic acids is 1. The number of nitro benzene ring substituents is 1. The number of aliphatic carboxylic acids is 1. The van der Waals surface area contributed by atoms with Crippen molar-refractivity contribution in [2.45, 2.75) is 18.7 Å². The van der Waals surface area contributed by atoms with Crippen molar-refractivity contribution in [3.8, 4) is 5.75 Å². The molecule has 0 saturated heterocycles. The molecule has 1 aromatic rings. The normalized spacial score (nSPS) is 11.0. The number of carboxylic acid groups (broad SMARTS) is 1. The van der Waals surface area contributed by atoms with Crippen LogP contribution in [-0.4, -0.2) is 41.8 Å². The van der Waals surface area contributed by atoms with Crippen LogP contribution < -0.4 is 10.1 Å². The number of amides is 1. The number of methoxy groups -OCH3 is 1. The maximum Gasteiger partial charge on any atom is 0.310 e. The van der Waals surface area contributed by atoms with Gasteiger partial charge in [0.2, 0.25) is 0 Å². The number of nitrogens with one attached hydrogen (secondary N) is 1. The fourth-order valence-electron chi connectivity index (χ4n) is 1.67. The maximum absolute atomic E-state index is 12.2. The van der Waals surface area contributed by atoms with E-state index in [1.54, 1.807) is 6.26 Å². The van der Waals surface area contributed by atoms with Gasteiger partial charge in [0.25, 0.3) is 11.6 Å². The molecule has 0 saturated carbocycles. The summed E-state index contributed by atoms with van der Waals surface area (Å²) in [4.78, 5) is 34.4. The minimum Gasteiger partial charge on any atom is -0.495 e. The smallest absolute Gasteiger partial charge is 0.310 e. The van der Waals surface area contributed by atoms with Crippen molar-refractivity contribution in [3.63, 3.8) is 0 Å². The molecular weight excluding hydrogens is 324 g/mol. The molecule has 9 heteroatoms. The van der Waals surface area contributed by atoms with E-state index in [-0.39, 0.29) is 12.1 Å². The number of carbonyl (C=O) groups is 2. The first kappa shape index (κ1) is 18.8. The third kappa shape index (κ3) is 4.35. The lowest BCUT2D eigenvalue weighted by molar-refractivity contribution is -0.385. The highest BCUT2D eigenvalue weighted by Crippen LogP contribution is 2.34. The Morgan fingerprint density at radius 3 is 2.48 bits per heavy atom. The van der Waals surface area contributed by atoms with Gasteiger partial charge in [-0.05, 0) is 26.2 Å². The van der Waals surface area contributed by atoms with Gasteiger partial charge >= 0.3 is 5.97 Å². The van der Waals surface area contributed by atoms with Crippen molar-refractivity contribution in [3.05, 3.63) is 27.8 Å². The van der Waals surface area contributed by atoms with Crippen LogP contribution in [0.2, 0.25) is 0 Å². The second kappa shape index (κ2) is 7.32. The summed E-state index contributed by atoms with van der Waals surface area (Å²) in [5.74, 6) is -1.48. The van der Waals surface area contributed by atoms with Crippen LogP contribution in [-0.2, 0) is 4.79 Å². The van der Waals surface area contributed by atoms with E-state index in [0.717, 1.165) is 0 Å². The van der Waals surface area contributed by atoms with E-state index in [2.05, 4.69) is 5.32 Å². The van der Waals surface area contributed by atoms with Crippen LogP contribution in [0.1, 0.15) is 24.2 Å². The Kier molecular flexibility index (Phi) is 5.97. The van der Waals surface area contributed by atoms with E-state index in [1.807, 2.05) is 0 Å². The van der Waals surface area contributed by atoms with Gasteiger partial charge in [-0.3, -0.25) is 19.7 Å². The second-order valence-corrected chi connectivity index (χ2v) is 6.20. The SMILES string of the molecule is COc1cc([N+](=O)[O-])c(C(=O)NCC(C)(C)C(=O)O)cc1SC. The molecule has 0 atom stereocenters. The second-order valence-electron chi connectivity index (χ2n) is 5.35. The summed E-state index contributed by atoms with van der Waals surface area (Å²) in [5, 5.41) is 22.6. The van der Waals surface area contributed by atoms with Crippen LogP contribution in [0.15, 0.2) is 17.0 Å². The van der Waals surface area contributed by atoms with Crippen LogP contribution in [0.25, 0.3) is 0 Å². The van der Waals surface area contributed by atoms with Crippen molar-refractivity contribution >= 4 is 29.3 Å². The van der Waals surface area contributed by atoms with Crippen LogP contribution in [0.3, 0.4) is 0 Å². The Morgan fingerprint density at radius 2 is 2.04 bits per heavy atom. The molecule has 1 rings (SSSR count). The molecule has 0 aliphatic rings. The van der Waals surface area contributed by atoms with Gasteiger partial charge in [0, 0.05) is 6.54 Å². The highest BCUT2D eigenvalue weighted by Gasteiger charge is 2.30. The summed E-state index contributed by atoms with van der Waals surface area (Å²) in [5.41, 5.74) is -1.72. The zero-order valence-electron chi connectivity index (χ0n) is 13.2. The Balaban J connectivity index is 3.17. The zero-order valence-corrected chi connectivity index (χ0v) is 14.0. The van der Waals surface area contributed by atoms with Gasteiger partial charge < -0.3 is 15.2 Å². The number of rotatable bonds is 7. The molecule has 0 spiro atoms. The molecule has 8 nitrogen and oxygen atoms in total. The fourth-order valence-corrected chi connectivity index (χ4v) is 2.25. The number of nitro groups is 1. The number of ether oxygens (including phenoxy) is 1. The van der Waals surface area contributed by atoms with Crippen LogP contribution in [0.4, 0.5) is 5.69 Å². The summed E-state index contributed by atoms with van der Waals surface area (Å²) >= 11 is 1.28. The molecule has 126 valence electrons. The monoisotopic (exact) mass is 342 g/mol. The van der Waals surface area contributed by atoms with E-state index in [4.69, 9.17) is 9.84 Å². The quantitative estimate of drug-likeness (QED) is 0.443. The Bertz CT molecular complexity index is 644. The third-order valence-electron chi connectivity index (χ3n) is 3.21. The molecule has 0 aliphatic heterocycles. The highest BCUT2D eigenvalue weighted by molar-refractivity contribution is 7.98. The first-order valence-electron chi connectivity index (χ1n) is 6.56. The van der Waals surface area contributed by atoms with Gasteiger partial charge in [-0.2, -0.15) is 0 Å². The standard InChI is InChI=1S/C14H18N2O6S/c1-14(2,13(18)19)7-15-12(17)8-5-11(23-4)10(22-3)6-9(8)16(20)21/h5-6H,7H2,1-4H3,(H,15,17)(H,18,19). The first-order chi connectivity index (χ1) is 10.6. The molecular formula is C14H18N2O6S. The van der Waals surface area contributed by atoms with Crippen molar-refractivity contribution in [2.24, 2.45) is 5.41 Å². The van der Waals surface area contributed by atoms with Crippen LogP contribution >= 0.6 is 11.8 Å². The molecule has 0 fully saturated rings. The third-order valence-corrected chi connectivity index (χ3v) is 3.97. The molecule has 23 heavy (non-hydrogen) atoms. The average molecular weight is 342 g/mol. The number of benzene rings is 1. The predicted molar refractivity (Wildman–Crippen MR) is 85.2 cm³/mol.